The minimum atomic E-state index is -0.489. The van der Waals surface area contributed by atoms with Gasteiger partial charge in [-0.1, -0.05) is 27.2 Å². The molecule has 6 atom stereocenters. The SMILES string of the molecule is CC[C@@H]1C[C@@H](OC(=O)OCCN2CCCC2)CC[C@]1(C)[C@H]1CC[C@]2(C)CCC[C@]2(O)C1. The van der Waals surface area contributed by atoms with Crippen molar-refractivity contribution in [1.82, 2.24) is 4.90 Å². The summed E-state index contributed by atoms with van der Waals surface area (Å²) in [7, 11) is 0. The van der Waals surface area contributed by atoms with Crippen molar-refractivity contribution in [2.75, 3.05) is 26.2 Å². The fourth-order valence-electron chi connectivity index (χ4n) is 7.67. The molecule has 178 valence electrons. The fraction of sp³-hybridized carbons (Fsp3) is 0.962. The Balaban J connectivity index is 1.29. The van der Waals surface area contributed by atoms with Gasteiger partial charge in [-0.25, -0.2) is 4.79 Å². The van der Waals surface area contributed by atoms with Gasteiger partial charge in [0.05, 0.1) is 5.60 Å². The lowest BCUT2D eigenvalue weighted by Gasteiger charge is -2.55. The van der Waals surface area contributed by atoms with Gasteiger partial charge in [-0.05, 0) is 106 Å². The molecule has 0 bridgehead atoms. The van der Waals surface area contributed by atoms with Gasteiger partial charge in [0.2, 0.25) is 0 Å². The number of carbonyl (C=O) groups excluding carboxylic acids is 1. The van der Waals surface area contributed by atoms with Gasteiger partial charge in [0.1, 0.15) is 12.7 Å². The molecule has 5 heteroatoms. The zero-order valence-corrected chi connectivity index (χ0v) is 20.2. The van der Waals surface area contributed by atoms with E-state index in [0.29, 0.717) is 18.4 Å². The molecule has 1 aliphatic heterocycles. The van der Waals surface area contributed by atoms with Crippen LogP contribution in [0.5, 0.6) is 0 Å². The Morgan fingerprint density at radius 1 is 1.06 bits per heavy atom. The van der Waals surface area contributed by atoms with Crippen LogP contribution in [-0.4, -0.2) is 54.1 Å². The molecule has 1 saturated heterocycles. The number of ether oxygens (including phenoxy) is 2. The first-order valence-corrected chi connectivity index (χ1v) is 13.1. The largest absolute Gasteiger partial charge is 0.508 e. The molecule has 0 spiro atoms. The lowest BCUT2D eigenvalue weighted by molar-refractivity contribution is -0.137. The van der Waals surface area contributed by atoms with Crippen LogP contribution in [-0.2, 0) is 9.47 Å². The second-order valence-corrected chi connectivity index (χ2v) is 11.7. The average molecular weight is 436 g/mol. The standard InChI is InChI=1S/C26H45NO4/c1-4-20-18-22(31-23(28)30-17-16-27-14-5-6-15-27)9-13-25(20,3)21-8-12-24(2)10-7-11-26(24,29)19-21/h20-22,29H,4-19H2,1-3H3/t20-,21+,22+,24+,25+,26+/m1/s1. The Hall–Kier alpha value is -0.810. The highest BCUT2D eigenvalue weighted by molar-refractivity contribution is 5.60. The van der Waals surface area contributed by atoms with Crippen LogP contribution in [0.2, 0.25) is 0 Å². The van der Waals surface area contributed by atoms with Gasteiger partial charge in [-0.15, -0.1) is 0 Å². The number of fused-ring (bicyclic) bond motifs is 1. The third-order valence-corrected chi connectivity index (χ3v) is 10.1. The summed E-state index contributed by atoms with van der Waals surface area (Å²) in [5.74, 6) is 1.10. The molecular weight excluding hydrogens is 390 g/mol. The van der Waals surface area contributed by atoms with Gasteiger partial charge < -0.3 is 14.6 Å². The second-order valence-electron chi connectivity index (χ2n) is 11.7. The molecule has 31 heavy (non-hydrogen) atoms. The van der Waals surface area contributed by atoms with E-state index in [2.05, 4.69) is 25.7 Å². The van der Waals surface area contributed by atoms with E-state index in [1.54, 1.807) is 0 Å². The second kappa shape index (κ2) is 9.21. The van der Waals surface area contributed by atoms with E-state index < -0.39 is 11.8 Å². The van der Waals surface area contributed by atoms with Crippen LogP contribution in [0.25, 0.3) is 0 Å². The number of hydrogen-bond donors (Lipinski definition) is 1. The van der Waals surface area contributed by atoms with E-state index in [-0.39, 0.29) is 16.9 Å². The van der Waals surface area contributed by atoms with Crippen LogP contribution in [0.3, 0.4) is 0 Å². The lowest BCUT2D eigenvalue weighted by atomic mass is 9.52. The van der Waals surface area contributed by atoms with Crippen molar-refractivity contribution in [3.63, 3.8) is 0 Å². The summed E-state index contributed by atoms with van der Waals surface area (Å²) in [5.41, 5.74) is -0.113. The summed E-state index contributed by atoms with van der Waals surface area (Å²) in [6, 6.07) is 0. The van der Waals surface area contributed by atoms with E-state index in [9.17, 15) is 9.90 Å². The average Bonchev–Trinajstić information content (AvgIpc) is 3.36. The molecule has 5 nitrogen and oxygen atoms in total. The van der Waals surface area contributed by atoms with E-state index in [0.717, 1.165) is 64.6 Å². The predicted molar refractivity (Wildman–Crippen MR) is 122 cm³/mol. The molecule has 3 saturated carbocycles. The highest BCUT2D eigenvalue weighted by Gasteiger charge is 2.57. The maximum atomic E-state index is 12.2. The van der Waals surface area contributed by atoms with Crippen LogP contribution < -0.4 is 0 Å². The van der Waals surface area contributed by atoms with Gasteiger partial charge in [0.25, 0.3) is 0 Å². The molecule has 3 aliphatic carbocycles. The van der Waals surface area contributed by atoms with E-state index in [1.807, 2.05) is 0 Å². The number of likely N-dealkylation sites (tertiary alicyclic amines) is 1. The van der Waals surface area contributed by atoms with Crippen molar-refractivity contribution >= 4 is 6.16 Å². The Bertz CT molecular complexity index is 635. The van der Waals surface area contributed by atoms with E-state index in [4.69, 9.17) is 9.47 Å². The van der Waals surface area contributed by atoms with E-state index in [1.165, 1.54) is 32.1 Å². The van der Waals surface area contributed by atoms with Crippen molar-refractivity contribution < 1.29 is 19.4 Å². The summed E-state index contributed by atoms with van der Waals surface area (Å²) in [6.07, 6.45) is 12.7. The van der Waals surface area contributed by atoms with Crippen LogP contribution >= 0.6 is 0 Å². The molecular formula is C26H45NO4. The molecule has 1 N–H and O–H groups in total. The molecule has 0 aromatic carbocycles. The maximum absolute atomic E-state index is 12.2. The quantitative estimate of drug-likeness (QED) is 0.555. The normalized spacial score (nSPS) is 43.5. The first-order chi connectivity index (χ1) is 14.8. The fourth-order valence-corrected chi connectivity index (χ4v) is 7.67. The molecule has 4 fully saturated rings. The molecule has 4 rings (SSSR count). The topological polar surface area (TPSA) is 59.0 Å². The van der Waals surface area contributed by atoms with Crippen molar-refractivity contribution in [1.29, 1.82) is 0 Å². The molecule has 1 heterocycles. The zero-order chi connectivity index (χ0) is 22.1. The molecule has 0 unspecified atom stereocenters. The smallest absolute Gasteiger partial charge is 0.433 e. The minimum absolute atomic E-state index is 0.0271. The summed E-state index contributed by atoms with van der Waals surface area (Å²) in [5, 5.41) is 11.5. The van der Waals surface area contributed by atoms with Crippen LogP contribution in [0.4, 0.5) is 4.79 Å². The third kappa shape index (κ3) is 4.64. The summed E-state index contributed by atoms with van der Waals surface area (Å²) in [4.78, 5) is 14.6. The summed E-state index contributed by atoms with van der Waals surface area (Å²) < 4.78 is 11.1. The number of aliphatic hydroxyl groups is 1. The van der Waals surface area contributed by atoms with Gasteiger partial charge in [0.15, 0.2) is 0 Å². The van der Waals surface area contributed by atoms with Gasteiger partial charge in [-0.3, -0.25) is 4.90 Å². The highest BCUT2D eigenvalue weighted by atomic mass is 16.7. The van der Waals surface area contributed by atoms with Gasteiger partial charge in [-0.2, -0.15) is 0 Å². The summed E-state index contributed by atoms with van der Waals surface area (Å²) in [6.45, 7) is 10.5. The first kappa shape index (κ1) is 23.4. The number of hydrogen-bond acceptors (Lipinski definition) is 5. The molecule has 0 aromatic heterocycles. The molecule has 0 amide bonds. The zero-order valence-electron chi connectivity index (χ0n) is 20.2. The molecule has 0 aromatic rings. The van der Waals surface area contributed by atoms with Crippen molar-refractivity contribution in [2.45, 2.75) is 110 Å². The van der Waals surface area contributed by atoms with Crippen molar-refractivity contribution in [3.05, 3.63) is 0 Å². The molecule has 4 aliphatic rings. The summed E-state index contributed by atoms with van der Waals surface area (Å²) >= 11 is 0. The Morgan fingerprint density at radius 3 is 2.58 bits per heavy atom. The van der Waals surface area contributed by atoms with Crippen molar-refractivity contribution in [2.24, 2.45) is 22.7 Å². The number of rotatable bonds is 6. The minimum Gasteiger partial charge on any atom is -0.433 e. The van der Waals surface area contributed by atoms with Crippen LogP contribution in [0.1, 0.15) is 97.8 Å². The van der Waals surface area contributed by atoms with E-state index >= 15 is 0 Å². The lowest BCUT2D eigenvalue weighted by Crippen LogP contribution is -2.52. The van der Waals surface area contributed by atoms with Gasteiger partial charge in [0, 0.05) is 6.54 Å². The highest BCUT2D eigenvalue weighted by Crippen LogP contribution is 2.62. The number of nitrogens with zero attached hydrogens (tertiary/aromatic N) is 1. The Morgan fingerprint density at radius 2 is 1.84 bits per heavy atom. The molecule has 0 radical (unpaired) electrons. The predicted octanol–water partition coefficient (Wildman–Crippen LogP) is 5.54. The maximum Gasteiger partial charge on any atom is 0.508 e. The third-order valence-electron chi connectivity index (χ3n) is 10.1. The Labute approximate surface area is 189 Å². The van der Waals surface area contributed by atoms with Crippen LogP contribution in [0, 0.1) is 22.7 Å². The van der Waals surface area contributed by atoms with Gasteiger partial charge >= 0.3 is 6.16 Å². The Kier molecular flexibility index (Phi) is 6.94. The first-order valence-electron chi connectivity index (χ1n) is 13.1. The van der Waals surface area contributed by atoms with Crippen LogP contribution in [0.15, 0.2) is 0 Å². The monoisotopic (exact) mass is 435 g/mol. The number of carbonyl (C=O) groups is 1. The van der Waals surface area contributed by atoms with Crippen molar-refractivity contribution in [3.8, 4) is 0 Å².